The summed E-state index contributed by atoms with van der Waals surface area (Å²) < 4.78 is 24.5. The third kappa shape index (κ3) is 3.08. The van der Waals surface area contributed by atoms with Crippen LogP contribution in [0.15, 0.2) is 29.6 Å². The van der Waals surface area contributed by atoms with Crippen molar-refractivity contribution in [3.8, 4) is 0 Å². The largest absolute Gasteiger partial charge is 0.336 e. The number of amides is 1. The number of carbonyl (C=O) groups excluding carboxylic acids is 1. The molecule has 1 amide bonds. The van der Waals surface area contributed by atoms with Crippen LogP contribution in [0.1, 0.15) is 16.8 Å². The van der Waals surface area contributed by atoms with Crippen LogP contribution >= 0.6 is 11.3 Å². The lowest BCUT2D eigenvalue weighted by molar-refractivity contribution is 0.0588. The van der Waals surface area contributed by atoms with Crippen LogP contribution in [0.4, 0.5) is 0 Å². The SMILES string of the molecule is O=C(c1ccc2sccc2c1)N1CCN(C2CCS(=O)(=O)C2)CC1. The van der Waals surface area contributed by atoms with Crippen LogP contribution in [-0.2, 0) is 9.84 Å². The predicted molar refractivity (Wildman–Crippen MR) is 96.4 cm³/mol. The average Bonchev–Trinajstić information content (AvgIpc) is 3.19. The summed E-state index contributed by atoms with van der Waals surface area (Å²) in [5.41, 5.74) is 0.734. The van der Waals surface area contributed by atoms with Crippen molar-refractivity contribution in [2.75, 3.05) is 37.7 Å². The molecule has 1 aromatic carbocycles. The van der Waals surface area contributed by atoms with Gasteiger partial charge in [0.15, 0.2) is 9.84 Å². The van der Waals surface area contributed by atoms with Gasteiger partial charge in [0.2, 0.25) is 0 Å². The Morgan fingerprint density at radius 1 is 1.12 bits per heavy atom. The topological polar surface area (TPSA) is 57.7 Å². The van der Waals surface area contributed by atoms with Gasteiger partial charge in [-0.3, -0.25) is 9.69 Å². The highest BCUT2D eigenvalue weighted by Crippen LogP contribution is 2.23. The van der Waals surface area contributed by atoms with E-state index in [9.17, 15) is 13.2 Å². The van der Waals surface area contributed by atoms with Gasteiger partial charge in [-0.05, 0) is 41.5 Å². The van der Waals surface area contributed by atoms with Crippen LogP contribution in [0.2, 0.25) is 0 Å². The Morgan fingerprint density at radius 2 is 1.92 bits per heavy atom. The van der Waals surface area contributed by atoms with Crippen LogP contribution < -0.4 is 0 Å². The van der Waals surface area contributed by atoms with E-state index in [2.05, 4.69) is 4.90 Å². The van der Waals surface area contributed by atoms with Gasteiger partial charge in [0.05, 0.1) is 11.5 Å². The van der Waals surface area contributed by atoms with Crippen LogP contribution in [0.5, 0.6) is 0 Å². The van der Waals surface area contributed by atoms with Crippen LogP contribution in [0.3, 0.4) is 0 Å². The summed E-state index contributed by atoms with van der Waals surface area (Å²) in [6.45, 7) is 2.84. The highest BCUT2D eigenvalue weighted by molar-refractivity contribution is 7.91. The zero-order valence-electron chi connectivity index (χ0n) is 13.3. The maximum atomic E-state index is 12.7. The molecule has 0 spiro atoms. The van der Waals surface area contributed by atoms with Crippen LogP contribution in [-0.4, -0.2) is 67.9 Å². The van der Waals surface area contributed by atoms with E-state index >= 15 is 0 Å². The van der Waals surface area contributed by atoms with E-state index in [1.165, 1.54) is 4.70 Å². The van der Waals surface area contributed by atoms with Gasteiger partial charge in [-0.2, -0.15) is 0 Å². The molecule has 3 heterocycles. The molecule has 128 valence electrons. The fourth-order valence-corrected chi connectivity index (χ4v) is 6.17. The lowest BCUT2D eigenvalue weighted by atomic mass is 10.1. The minimum Gasteiger partial charge on any atom is -0.336 e. The third-order valence-corrected chi connectivity index (χ3v) is 7.67. The number of nitrogens with zero attached hydrogens (tertiary/aromatic N) is 2. The van der Waals surface area contributed by atoms with E-state index in [1.807, 2.05) is 34.5 Å². The Labute approximate surface area is 145 Å². The molecule has 0 N–H and O–H groups in total. The van der Waals surface area contributed by atoms with Crippen molar-refractivity contribution in [1.82, 2.24) is 9.80 Å². The second-order valence-electron chi connectivity index (χ2n) is 6.56. The summed E-state index contributed by atoms with van der Waals surface area (Å²) in [6, 6.07) is 8.04. The fourth-order valence-electron chi connectivity index (χ4n) is 3.64. The molecule has 4 rings (SSSR count). The smallest absolute Gasteiger partial charge is 0.253 e. The van der Waals surface area contributed by atoms with E-state index in [0.717, 1.165) is 30.5 Å². The molecule has 5 nitrogen and oxygen atoms in total. The van der Waals surface area contributed by atoms with E-state index in [0.29, 0.717) is 18.8 Å². The van der Waals surface area contributed by atoms with Crippen LogP contribution in [0, 0.1) is 0 Å². The van der Waals surface area contributed by atoms with Crippen LogP contribution in [0.25, 0.3) is 10.1 Å². The molecule has 2 fully saturated rings. The molecule has 2 aliphatic heterocycles. The van der Waals surface area contributed by atoms with Gasteiger partial charge >= 0.3 is 0 Å². The molecule has 0 aliphatic carbocycles. The number of sulfone groups is 1. The molecule has 1 atom stereocenters. The zero-order chi connectivity index (χ0) is 16.7. The Hall–Kier alpha value is -1.44. The standard InChI is InChI=1S/C17H20N2O3S2/c20-17(14-1-2-16-13(11-14)3-9-23-16)19-7-5-18(6-8-19)15-4-10-24(21,22)12-15/h1-3,9,11,15H,4-8,10,12H2. The highest BCUT2D eigenvalue weighted by atomic mass is 32.2. The molecule has 0 saturated carbocycles. The maximum Gasteiger partial charge on any atom is 0.253 e. The first-order chi connectivity index (χ1) is 11.5. The number of hydrogen-bond donors (Lipinski definition) is 0. The van der Waals surface area contributed by atoms with Crippen molar-refractivity contribution in [1.29, 1.82) is 0 Å². The fraction of sp³-hybridized carbons (Fsp3) is 0.471. The molecule has 7 heteroatoms. The normalized spacial score (nSPS) is 24.5. The van der Waals surface area contributed by atoms with Gasteiger partial charge in [-0.1, -0.05) is 0 Å². The van der Waals surface area contributed by atoms with Gasteiger partial charge in [-0.15, -0.1) is 11.3 Å². The highest BCUT2D eigenvalue weighted by Gasteiger charge is 2.34. The van der Waals surface area contributed by atoms with Crippen molar-refractivity contribution in [3.63, 3.8) is 0 Å². The molecule has 1 unspecified atom stereocenters. The van der Waals surface area contributed by atoms with E-state index in [-0.39, 0.29) is 17.7 Å². The molecule has 0 radical (unpaired) electrons. The number of rotatable bonds is 2. The maximum absolute atomic E-state index is 12.7. The predicted octanol–water partition coefficient (Wildman–Crippen LogP) is 1.85. The van der Waals surface area contributed by atoms with Gasteiger partial charge in [0.25, 0.3) is 5.91 Å². The second kappa shape index (κ2) is 6.13. The van der Waals surface area contributed by atoms with Crippen molar-refractivity contribution in [2.45, 2.75) is 12.5 Å². The third-order valence-electron chi connectivity index (χ3n) is 5.03. The number of thiophene rings is 1. The van der Waals surface area contributed by atoms with E-state index in [4.69, 9.17) is 0 Å². The van der Waals surface area contributed by atoms with Gasteiger partial charge in [-0.25, -0.2) is 8.42 Å². The quantitative estimate of drug-likeness (QED) is 0.816. The first-order valence-electron chi connectivity index (χ1n) is 8.23. The number of fused-ring (bicyclic) bond motifs is 1. The Balaban J connectivity index is 1.41. The molecule has 0 bridgehead atoms. The zero-order valence-corrected chi connectivity index (χ0v) is 15.0. The molecular weight excluding hydrogens is 344 g/mol. The number of benzene rings is 1. The van der Waals surface area contributed by atoms with E-state index < -0.39 is 9.84 Å². The summed E-state index contributed by atoms with van der Waals surface area (Å²) in [6.07, 6.45) is 0.727. The molecule has 2 saturated heterocycles. The summed E-state index contributed by atoms with van der Waals surface area (Å²) >= 11 is 1.68. The lowest BCUT2D eigenvalue weighted by Gasteiger charge is -2.37. The van der Waals surface area contributed by atoms with Gasteiger partial charge in [0.1, 0.15) is 0 Å². The summed E-state index contributed by atoms with van der Waals surface area (Å²) in [5.74, 6) is 0.648. The monoisotopic (exact) mass is 364 g/mol. The molecule has 24 heavy (non-hydrogen) atoms. The van der Waals surface area contributed by atoms with Crippen molar-refractivity contribution in [3.05, 3.63) is 35.2 Å². The average molecular weight is 364 g/mol. The summed E-state index contributed by atoms with van der Waals surface area (Å²) in [5, 5.41) is 3.15. The minimum atomic E-state index is -2.85. The van der Waals surface area contributed by atoms with Crippen molar-refractivity contribution < 1.29 is 13.2 Å². The minimum absolute atomic E-state index is 0.0711. The lowest BCUT2D eigenvalue weighted by Crippen LogP contribution is -2.52. The first-order valence-corrected chi connectivity index (χ1v) is 10.9. The van der Waals surface area contributed by atoms with Crippen molar-refractivity contribution >= 4 is 37.2 Å². The Bertz CT molecular complexity index is 867. The number of hydrogen-bond acceptors (Lipinski definition) is 5. The van der Waals surface area contributed by atoms with Gasteiger partial charge < -0.3 is 4.90 Å². The summed E-state index contributed by atoms with van der Waals surface area (Å²) in [4.78, 5) is 16.8. The second-order valence-corrected chi connectivity index (χ2v) is 9.73. The molecule has 2 aliphatic rings. The molecular formula is C17H20N2O3S2. The van der Waals surface area contributed by atoms with Crippen molar-refractivity contribution in [2.24, 2.45) is 0 Å². The number of piperazine rings is 1. The number of carbonyl (C=O) groups is 1. The van der Waals surface area contributed by atoms with E-state index in [1.54, 1.807) is 11.3 Å². The molecule has 1 aromatic heterocycles. The molecule has 2 aromatic rings. The Kier molecular flexibility index (Phi) is 4.10. The Morgan fingerprint density at radius 3 is 2.62 bits per heavy atom. The first kappa shape index (κ1) is 16.1. The van der Waals surface area contributed by atoms with Gasteiger partial charge in [0, 0.05) is 42.5 Å². The summed E-state index contributed by atoms with van der Waals surface area (Å²) in [7, 11) is -2.85.